The third-order valence-corrected chi connectivity index (χ3v) is 2.05. The van der Waals surface area contributed by atoms with E-state index in [1.807, 2.05) is 6.92 Å². The van der Waals surface area contributed by atoms with Gasteiger partial charge in [0.25, 0.3) is 5.91 Å². The van der Waals surface area contributed by atoms with Gasteiger partial charge in [0.05, 0.1) is 12.4 Å². The van der Waals surface area contributed by atoms with Crippen LogP contribution in [0.5, 0.6) is 0 Å². The molecule has 0 saturated carbocycles. The third-order valence-electron chi connectivity index (χ3n) is 1.86. The van der Waals surface area contributed by atoms with Crippen molar-refractivity contribution in [3.8, 4) is 0 Å². The Balaban J connectivity index is 2.82. The molecule has 0 aromatic carbocycles. The van der Waals surface area contributed by atoms with Gasteiger partial charge in [-0.05, 0) is 6.92 Å². The van der Waals surface area contributed by atoms with E-state index in [9.17, 15) is 4.79 Å². The van der Waals surface area contributed by atoms with E-state index in [-0.39, 0.29) is 11.1 Å². The fraction of sp³-hybridized carbons (Fsp3) is 0.300. The molecule has 1 amide bonds. The number of likely N-dealkylation sites (N-methyl/N-ethyl adjacent to an activating group) is 1. The minimum atomic E-state index is -0.165. The molecule has 0 bridgehead atoms. The van der Waals surface area contributed by atoms with Crippen LogP contribution in [0.25, 0.3) is 0 Å². The lowest BCUT2D eigenvalue weighted by Gasteiger charge is -2.17. The maximum atomic E-state index is 11.8. The number of amides is 1. The smallest absolute Gasteiger partial charge is 0.274 e. The van der Waals surface area contributed by atoms with E-state index in [1.165, 1.54) is 12.4 Å². The zero-order valence-electron chi connectivity index (χ0n) is 8.48. The number of hydrogen-bond donors (Lipinski definition) is 0. The van der Waals surface area contributed by atoms with Crippen LogP contribution in [0.1, 0.15) is 17.4 Å². The number of halogens is 1. The molecule has 0 fully saturated rings. The van der Waals surface area contributed by atoms with Crippen molar-refractivity contribution < 1.29 is 4.79 Å². The molecule has 0 aliphatic carbocycles. The van der Waals surface area contributed by atoms with E-state index in [1.54, 1.807) is 11.0 Å². The molecule has 0 unspecified atom stereocenters. The van der Waals surface area contributed by atoms with Crippen LogP contribution < -0.4 is 0 Å². The monoisotopic (exact) mass is 225 g/mol. The molecule has 1 heterocycles. The molecular weight excluding hydrogens is 214 g/mol. The summed E-state index contributed by atoms with van der Waals surface area (Å²) in [5, 5.41) is 0.276. The van der Waals surface area contributed by atoms with Crippen molar-refractivity contribution in [3.05, 3.63) is 35.9 Å². The topological polar surface area (TPSA) is 46.1 Å². The van der Waals surface area contributed by atoms with Gasteiger partial charge in [-0.25, -0.2) is 9.97 Å². The molecule has 1 aromatic rings. The zero-order chi connectivity index (χ0) is 11.3. The molecular formula is C10H12ClN3O. The van der Waals surface area contributed by atoms with Crippen LogP contribution in [0.15, 0.2) is 25.0 Å². The van der Waals surface area contributed by atoms with E-state index >= 15 is 0 Å². The Morgan fingerprint density at radius 2 is 2.33 bits per heavy atom. The highest BCUT2D eigenvalue weighted by molar-refractivity contribution is 6.29. The molecule has 0 spiro atoms. The Kier molecular flexibility index (Phi) is 4.24. The van der Waals surface area contributed by atoms with Crippen LogP contribution in [0.3, 0.4) is 0 Å². The molecule has 80 valence electrons. The van der Waals surface area contributed by atoms with Gasteiger partial charge in [0.2, 0.25) is 0 Å². The molecule has 1 rings (SSSR count). The summed E-state index contributed by atoms with van der Waals surface area (Å²) in [5.41, 5.74) is 0.295. The van der Waals surface area contributed by atoms with E-state index in [0.29, 0.717) is 18.8 Å². The summed E-state index contributed by atoms with van der Waals surface area (Å²) >= 11 is 5.58. The van der Waals surface area contributed by atoms with Gasteiger partial charge < -0.3 is 4.90 Å². The van der Waals surface area contributed by atoms with Crippen LogP contribution in [0.2, 0.25) is 5.15 Å². The predicted molar refractivity (Wildman–Crippen MR) is 58.8 cm³/mol. The van der Waals surface area contributed by atoms with Crippen molar-refractivity contribution in [2.75, 3.05) is 13.1 Å². The fourth-order valence-corrected chi connectivity index (χ4v) is 1.19. The average molecular weight is 226 g/mol. The van der Waals surface area contributed by atoms with Crippen molar-refractivity contribution in [2.24, 2.45) is 0 Å². The van der Waals surface area contributed by atoms with Gasteiger partial charge in [0.15, 0.2) is 0 Å². The van der Waals surface area contributed by atoms with Crippen molar-refractivity contribution in [1.82, 2.24) is 14.9 Å². The second-order valence-corrected chi connectivity index (χ2v) is 3.24. The number of carbonyl (C=O) groups excluding carboxylic acids is 1. The summed E-state index contributed by atoms with van der Waals surface area (Å²) in [5.74, 6) is -0.165. The number of aromatic nitrogens is 2. The quantitative estimate of drug-likeness (QED) is 0.734. The molecule has 0 atom stereocenters. The van der Waals surface area contributed by atoms with Crippen LogP contribution in [-0.4, -0.2) is 33.9 Å². The normalized spacial score (nSPS) is 9.73. The summed E-state index contributed by atoms with van der Waals surface area (Å²) < 4.78 is 0. The Bertz CT molecular complexity index is 350. The lowest BCUT2D eigenvalue weighted by molar-refractivity contribution is 0.0776. The first kappa shape index (κ1) is 11.7. The fourth-order valence-electron chi connectivity index (χ4n) is 1.10. The van der Waals surface area contributed by atoms with Crippen LogP contribution >= 0.6 is 11.6 Å². The van der Waals surface area contributed by atoms with Crippen molar-refractivity contribution in [1.29, 1.82) is 0 Å². The van der Waals surface area contributed by atoms with E-state index < -0.39 is 0 Å². The number of nitrogens with zero attached hydrogens (tertiary/aromatic N) is 3. The SMILES string of the molecule is C=CCN(CC)C(=O)c1cnc(Cl)cn1. The summed E-state index contributed by atoms with van der Waals surface area (Å²) in [6.45, 7) is 6.59. The molecule has 0 radical (unpaired) electrons. The first-order valence-corrected chi connectivity index (χ1v) is 4.94. The summed E-state index contributed by atoms with van der Waals surface area (Å²) in [6.07, 6.45) is 4.40. The second-order valence-electron chi connectivity index (χ2n) is 2.86. The largest absolute Gasteiger partial charge is 0.334 e. The minimum Gasteiger partial charge on any atom is -0.334 e. The maximum Gasteiger partial charge on any atom is 0.274 e. The molecule has 0 N–H and O–H groups in total. The van der Waals surface area contributed by atoms with Gasteiger partial charge >= 0.3 is 0 Å². The molecule has 0 saturated heterocycles. The first-order chi connectivity index (χ1) is 7.19. The lowest BCUT2D eigenvalue weighted by Crippen LogP contribution is -2.31. The van der Waals surface area contributed by atoms with E-state index in [4.69, 9.17) is 11.6 Å². The van der Waals surface area contributed by atoms with Gasteiger partial charge in [0, 0.05) is 13.1 Å². The van der Waals surface area contributed by atoms with Gasteiger partial charge in [-0.3, -0.25) is 4.79 Å². The highest BCUT2D eigenvalue weighted by Crippen LogP contribution is 2.04. The standard InChI is InChI=1S/C10H12ClN3O/c1-3-5-14(4-2)10(15)8-6-13-9(11)7-12-8/h3,6-7H,1,4-5H2,2H3. The summed E-state index contributed by atoms with van der Waals surface area (Å²) in [7, 11) is 0. The van der Waals surface area contributed by atoms with E-state index in [2.05, 4.69) is 16.5 Å². The summed E-state index contributed by atoms with van der Waals surface area (Å²) in [6, 6.07) is 0. The average Bonchev–Trinajstić information content (AvgIpc) is 2.26. The van der Waals surface area contributed by atoms with Crippen LogP contribution in [0.4, 0.5) is 0 Å². The summed E-state index contributed by atoms with van der Waals surface area (Å²) in [4.78, 5) is 21.1. The molecule has 15 heavy (non-hydrogen) atoms. The van der Waals surface area contributed by atoms with Crippen LogP contribution in [-0.2, 0) is 0 Å². The lowest BCUT2D eigenvalue weighted by atomic mass is 10.3. The highest BCUT2D eigenvalue weighted by Gasteiger charge is 2.14. The Morgan fingerprint density at radius 1 is 1.60 bits per heavy atom. The van der Waals surface area contributed by atoms with Crippen molar-refractivity contribution in [2.45, 2.75) is 6.92 Å². The molecule has 1 aromatic heterocycles. The Morgan fingerprint density at radius 3 is 2.80 bits per heavy atom. The van der Waals surface area contributed by atoms with Gasteiger partial charge in [-0.1, -0.05) is 17.7 Å². The van der Waals surface area contributed by atoms with Crippen LogP contribution in [0, 0.1) is 0 Å². The second kappa shape index (κ2) is 5.46. The third kappa shape index (κ3) is 3.02. The van der Waals surface area contributed by atoms with Crippen molar-refractivity contribution >= 4 is 17.5 Å². The maximum absolute atomic E-state index is 11.8. The molecule has 0 aliphatic rings. The number of hydrogen-bond acceptors (Lipinski definition) is 3. The molecule has 4 nitrogen and oxygen atoms in total. The Hall–Kier alpha value is -1.42. The van der Waals surface area contributed by atoms with Gasteiger partial charge in [-0.2, -0.15) is 0 Å². The minimum absolute atomic E-state index is 0.165. The number of rotatable bonds is 4. The Labute approximate surface area is 93.6 Å². The van der Waals surface area contributed by atoms with Gasteiger partial charge in [0.1, 0.15) is 10.8 Å². The van der Waals surface area contributed by atoms with Gasteiger partial charge in [-0.15, -0.1) is 6.58 Å². The van der Waals surface area contributed by atoms with Crippen molar-refractivity contribution in [3.63, 3.8) is 0 Å². The van der Waals surface area contributed by atoms with E-state index in [0.717, 1.165) is 0 Å². The molecule has 0 aliphatic heterocycles. The first-order valence-electron chi connectivity index (χ1n) is 4.56. The zero-order valence-corrected chi connectivity index (χ0v) is 9.24. The predicted octanol–water partition coefficient (Wildman–Crippen LogP) is 1.78. The highest BCUT2D eigenvalue weighted by atomic mass is 35.5. The number of carbonyl (C=O) groups is 1. The molecule has 5 heteroatoms.